The number of aryl methyl sites for hydroxylation is 1. The van der Waals surface area contributed by atoms with Crippen molar-refractivity contribution in [2.75, 3.05) is 13.6 Å². The zero-order chi connectivity index (χ0) is 13.0. The fourth-order valence-corrected chi connectivity index (χ4v) is 2.44. The van der Waals surface area contributed by atoms with Crippen LogP contribution in [-0.4, -0.2) is 44.2 Å². The molecule has 0 spiro atoms. The Morgan fingerprint density at radius 1 is 1.56 bits per heavy atom. The first kappa shape index (κ1) is 12.9. The highest BCUT2D eigenvalue weighted by atomic mass is 32.1. The molecule has 2 aromatic heterocycles. The van der Waals surface area contributed by atoms with Crippen LogP contribution in [0.25, 0.3) is 4.96 Å². The summed E-state index contributed by atoms with van der Waals surface area (Å²) in [6.45, 7) is 2.96. The summed E-state index contributed by atoms with van der Waals surface area (Å²) in [6, 6.07) is 0. The zero-order valence-corrected chi connectivity index (χ0v) is 11.5. The van der Waals surface area contributed by atoms with Crippen molar-refractivity contribution in [2.45, 2.75) is 32.6 Å². The SMILES string of the molecule is CCCCN(C)C(=O)CCc1nn2cnnc2s1. The Kier molecular flexibility index (Phi) is 4.24. The Balaban J connectivity index is 1.83. The molecule has 0 saturated carbocycles. The third-order valence-corrected chi connectivity index (χ3v) is 3.73. The molecule has 2 heterocycles. The highest BCUT2D eigenvalue weighted by Crippen LogP contribution is 2.13. The average Bonchev–Trinajstić information content (AvgIpc) is 2.93. The lowest BCUT2D eigenvalue weighted by Crippen LogP contribution is -2.27. The Labute approximate surface area is 110 Å². The molecule has 0 aromatic carbocycles. The second-order valence-corrected chi connectivity index (χ2v) is 5.26. The number of fused-ring (bicyclic) bond motifs is 1. The number of unbranched alkanes of at least 4 members (excludes halogenated alkanes) is 1. The van der Waals surface area contributed by atoms with Crippen LogP contribution >= 0.6 is 11.3 Å². The summed E-state index contributed by atoms with van der Waals surface area (Å²) in [6.07, 6.45) is 4.91. The van der Waals surface area contributed by atoms with Gasteiger partial charge in [0, 0.05) is 26.4 Å². The van der Waals surface area contributed by atoms with Crippen molar-refractivity contribution in [3.8, 4) is 0 Å². The number of hydrogen-bond acceptors (Lipinski definition) is 5. The standard InChI is InChI=1S/C11H17N5OS/c1-3-4-7-15(2)10(17)6-5-9-14-16-8-12-13-11(16)18-9/h8H,3-7H2,1-2H3. The highest BCUT2D eigenvalue weighted by Gasteiger charge is 2.11. The minimum Gasteiger partial charge on any atom is -0.346 e. The summed E-state index contributed by atoms with van der Waals surface area (Å²) in [7, 11) is 1.86. The number of hydrogen-bond donors (Lipinski definition) is 0. The molecule has 98 valence electrons. The van der Waals surface area contributed by atoms with Gasteiger partial charge in [0.25, 0.3) is 0 Å². The second kappa shape index (κ2) is 5.90. The Morgan fingerprint density at radius 3 is 3.11 bits per heavy atom. The molecule has 0 atom stereocenters. The van der Waals surface area contributed by atoms with E-state index in [1.807, 2.05) is 7.05 Å². The molecule has 0 aliphatic rings. The molecule has 2 rings (SSSR count). The molecule has 0 unspecified atom stereocenters. The molecular weight excluding hydrogens is 250 g/mol. The van der Waals surface area contributed by atoms with Gasteiger partial charge in [0.05, 0.1) is 0 Å². The van der Waals surface area contributed by atoms with Crippen LogP contribution in [0.3, 0.4) is 0 Å². The highest BCUT2D eigenvalue weighted by molar-refractivity contribution is 7.16. The average molecular weight is 267 g/mol. The molecule has 0 fully saturated rings. The maximum absolute atomic E-state index is 11.8. The van der Waals surface area contributed by atoms with E-state index < -0.39 is 0 Å². The molecule has 2 aromatic rings. The van der Waals surface area contributed by atoms with Gasteiger partial charge in [-0.25, -0.2) is 0 Å². The van der Waals surface area contributed by atoms with Crippen molar-refractivity contribution >= 4 is 22.2 Å². The first-order valence-corrected chi connectivity index (χ1v) is 6.92. The summed E-state index contributed by atoms with van der Waals surface area (Å²) < 4.78 is 1.64. The molecule has 0 bridgehead atoms. The van der Waals surface area contributed by atoms with E-state index in [1.165, 1.54) is 11.3 Å². The van der Waals surface area contributed by atoms with Crippen LogP contribution in [0, 0.1) is 0 Å². The van der Waals surface area contributed by atoms with E-state index in [0.717, 1.165) is 29.4 Å². The molecular formula is C11H17N5OS. The van der Waals surface area contributed by atoms with Crippen LogP contribution in [0.15, 0.2) is 6.33 Å². The zero-order valence-electron chi connectivity index (χ0n) is 10.7. The minimum absolute atomic E-state index is 0.175. The van der Waals surface area contributed by atoms with Gasteiger partial charge in [-0.15, -0.1) is 10.2 Å². The van der Waals surface area contributed by atoms with E-state index in [1.54, 1.807) is 15.7 Å². The topological polar surface area (TPSA) is 63.4 Å². The van der Waals surface area contributed by atoms with Gasteiger partial charge >= 0.3 is 0 Å². The molecule has 7 heteroatoms. The van der Waals surface area contributed by atoms with Crippen LogP contribution in [0.2, 0.25) is 0 Å². The number of amides is 1. The van der Waals surface area contributed by atoms with Crippen LogP contribution in [-0.2, 0) is 11.2 Å². The van der Waals surface area contributed by atoms with Crippen LogP contribution in [0.1, 0.15) is 31.2 Å². The van der Waals surface area contributed by atoms with E-state index in [9.17, 15) is 4.79 Å². The lowest BCUT2D eigenvalue weighted by Gasteiger charge is -2.15. The number of nitrogens with zero attached hydrogens (tertiary/aromatic N) is 5. The molecule has 1 amide bonds. The first-order valence-electron chi connectivity index (χ1n) is 6.10. The van der Waals surface area contributed by atoms with Gasteiger partial charge in [-0.05, 0) is 6.42 Å². The Bertz CT molecular complexity index is 492. The third kappa shape index (κ3) is 3.04. The van der Waals surface area contributed by atoms with Crippen molar-refractivity contribution in [2.24, 2.45) is 0 Å². The van der Waals surface area contributed by atoms with Gasteiger partial charge in [-0.1, -0.05) is 24.7 Å². The van der Waals surface area contributed by atoms with E-state index in [0.29, 0.717) is 12.8 Å². The molecule has 0 N–H and O–H groups in total. The van der Waals surface area contributed by atoms with E-state index >= 15 is 0 Å². The number of aromatic nitrogens is 4. The van der Waals surface area contributed by atoms with Gasteiger partial charge in [-0.2, -0.15) is 9.61 Å². The van der Waals surface area contributed by atoms with Crippen molar-refractivity contribution in [1.29, 1.82) is 0 Å². The Morgan fingerprint density at radius 2 is 2.39 bits per heavy atom. The third-order valence-electron chi connectivity index (χ3n) is 2.75. The number of carbonyl (C=O) groups excluding carboxylic acids is 1. The predicted molar refractivity (Wildman–Crippen MR) is 69.5 cm³/mol. The molecule has 0 radical (unpaired) electrons. The van der Waals surface area contributed by atoms with Crippen LogP contribution in [0.4, 0.5) is 0 Å². The van der Waals surface area contributed by atoms with Crippen molar-refractivity contribution in [1.82, 2.24) is 24.7 Å². The molecule has 0 aliphatic carbocycles. The van der Waals surface area contributed by atoms with Gasteiger partial charge in [0.2, 0.25) is 10.9 Å². The summed E-state index contributed by atoms with van der Waals surface area (Å²) in [4.78, 5) is 14.4. The van der Waals surface area contributed by atoms with E-state index in [4.69, 9.17) is 0 Å². The second-order valence-electron chi connectivity index (χ2n) is 4.22. The maximum atomic E-state index is 11.8. The van der Waals surface area contributed by atoms with Crippen molar-refractivity contribution in [3.05, 3.63) is 11.3 Å². The quantitative estimate of drug-likeness (QED) is 0.793. The van der Waals surface area contributed by atoms with Crippen molar-refractivity contribution in [3.63, 3.8) is 0 Å². The normalized spacial score (nSPS) is 11.0. The summed E-state index contributed by atoms with van der Waals surface area (Å²) >= 11 is 1.48. The predicted octanol–water partition coefficient (Wildman–Crippen LogP) is 1.38. The lowest BCUT2D eigenvalue weighted by atomic mass is 10.2. The van der Waals surface area contributed by atoms with Gasteiger partial charge in [0.1, 0.15) is 11.3 Å². The summed E-state index contributed by atoms with van der Waals surface area (Å²) in [5.74, 6) is 0.175. The minimum atomic E-state index is 0.175. The van der Waals surface area contributed by atoms with E-state index in [2.05, 4.69) is 22.2 Å². The smallest absolute Gasteiger partial charge is 0.234 e. The summed E-state index contributed by atoms with van der Waals surface area (Å²) in [5.41, 5.74) is 0. The number of carbonyl (C=O) groups is 1. The lowest BCUT2D eigenvalue weighted by molar-refractivity contribution is -0.129. The largest absolute Gasteiger partial charge is 0.346 e. The van der Waals surface area contributed by atoms with Crippen molar-refractivity contribution < 1.29 is 4.79 Å². The van der Waals surface area contributed by atoms with Crippen LogP contribution in [0.5, 0.6) is 0 Å². The molecule has 18 heavy (non-hydrogen) atoms. The number of rotatable bonds is 6. The fraction of sp³-hybridized carbons (Fsp3) is 0.636. The monoisotopic (exact) mass is 267 g/mol. The molecule has 6 nitrogen and oxygen atoms in total. The first-order chi connectivity index (χ1) is 8.70. The van der Waals surface area contributed by atoms with Gasteiger partial charge in [0.15, 0.2) is 0 Å². The van der Waals surface area contributed by atoms with Gasteiger partial charge < -0.3 is 4.90 Å². The van der Waals surface area contributed by atoms with Crippen LogP contribution < -0.4 is 0 Å². The molecule has 0 saturated heterocycles. The van der Waals surface area contributed by atoms with Gasteiger partial charge in [-0.3, -0.25) is 4.79 Å². The Hall–Kier alpha value is -1.50. The van der Waals surface area contributed by atoms with E-state index in [-0.39, 0.29) is 5.91 Å². The molecule has 0 aliphatic heterocycles. The fourth-order valence-electron chi connectivity index (χ4n) is 1.63. The summed E-state index contributed by atoms with van der Waals surface area (Å²) in [5, 5.41) is 12.9. The maximum Gasteiger partial charge on any atom is 0.234 e.